The Morgan fingerprint density at radius 1 is 1.27 bits per heavy atom. The smallest absolute Gasteiger partial charge is 0.335 e. The summed E-state index contributed by atoms with van der Waals surface area (Å²) in [6, 6.07) is 5.72. The molecule has 0 aromatic carbocycles. The van der Waals surface area contributed by atoms with E-state index in [1.807, 2.05) is 0 Å². The van der Waals surface area contributed by atoms with Crippen LogP contribution in [0, 0.1) is 0 Å². The number of carboxylic acid groups (broad SMARTS) is 1. The van der Waals surface area contributed by atoms with Crippen LogP contribution >= 0.6 is 0 Å². The molecule has 2 aromatic heterocycles. The lowest BCUT2D eigenvalue weighted by atomic mass is 10.2. The Morgan fingerprint density at radius 3 is 2.86 bits per heavy atom. The molecule has 0 aliphatic carbocycles. The SMILES string of the molecule is O=C(O)c1ccnc(-c2ccnc(N3C[C@@H]4C[C@H]3CN4)n2)c1. The van der Waals surface area contributed by atoms with Crippen molar-refractivity contribution in [2.75, 3.05) is 18.0 Å². The van der Waals surface area contributed by atoms with E-state index >= 15 is 0 Å². The first-order valence-electron chi connectivity index (χ1n) is 7.23. The van der Waals surface area contributed by atoms with E-state index in [0.29, 0.717) is 29.4 Å². The Balaban J connectivity index is 1.67. The first kappa shape index (κ1) is 13.1. The van der Waals surface area contributed by atoms with Crippen LogP contribution in [0.4, 0.5) is 5.95 Å². The molecule has 2 N–H and O–H groups in total. The Morgan fingerprint density at radius 2 is 2.14 bits per heavy atom. The molecule has 2 aromatic rings. The minimum Gasteiger partial charge on any atom is -0.478 e. The fourth-order valence-electron chi connectivity index (χ4n) is 3.14. The van der Waals surface area contributed by atoms with Gasteiger partial charge in [-0.1, -0.05) is 0 Å². The highest BCUT2D eigenvalue weighted by Gasteiger charge is 2.38. The van der Waals surface area contributed by atoms with Crippen LogP contribution in [0.2, 0.25) is 0 Å². The molecule has 2 atom stereocenters. The zero-order chi connectivity index (χ0) is 15.1. The fourth-order valence-corrected chi connectivity index (χ4v) is 3.14. The van der Waals surface area contributed by atoms with Gasteiger partial charge in [0.25, 0.3) is 0 Å². The van der Waals surface area contributed by atoms with E-state index in [-0.39, 0.29) is 5.56 Å². The minimum atomic E-state index is -0.971. The van der Waals surface area contributed by atoms with Gasteiger partial charge in [-0.25, -0.2) is 14.8 Å². The summed E-state index contributed by atoms with van der Waals surface area (Å²) in [6.45, 7) is 1.88. The van der Waals surface area contributed by atoms with Gasteiger partial charge in [-0.05, 0) is 24.6 Å². The zero-order valence-electron chi connectivity index (χ0n) is 11.8. The second kappa shape index (κ2) is 5.03. The van der Waals surface area contributed by atoms with Crippen LogP contribution < -0.4 is 10.2 Å². The van der Waals surface area contributed by atoms with E-state index in [1.54, 1.807) is 12.3 Å². The van der Waals surface area contributed by atoms with Gasteiger partial charge < -0.3 is 15.3 Å². The van der Waals surface area contributed by atoms with Gasteiger partial charge in [0, 0.05) is 37.6 Å². The van der Waals surface area contributed by atoms with Crippen molar-refractivity contribution in [3.63, 3.8) is 0 Å². The van der Waals surface area contributed by atoms with E-state index in [2.05, 4.69) is 25.2 Å². The number of pyridine rings is 1. The summed E-state index contributed by atoms with van der Waals surface area (Å²) >= 11 is 0. The number of hydrogen-bond donors (Lipinski definition) is 2. The average Bonchev–Trinajstić information content (AvgIpc) is 3.18. The molecule has 0 amide bonds. The highest BCUT2D eigenvalue weighted by Crippen LogP contribution is 2.28. The number of rotatable bonds is 3. The van der Waals surface area contributed by atoms with Gasteiger partial charge in [-0.2, -0.15) is 0 Å². The molecule has 112 valence electrons. The van der Waals surface area contributed by atoms with Crippen LogP contribution in [0.15, 0.2) is 30.6 Å². The van der Waals surface area contributed by atoms with Gasteiger partial charge in [-0.15, -0.1) is 0 Å². The lowest BCUT2D eigenvalue weighted by molar-refractivity contribution is 0.0697. The van der Waals surface area contributed by atoms with Crippen molar-refractivity contribution >= 4 is 11.9 Å². The maximum Gasteiger partial charge on any atom is 0.335 e. The number of aromatic carboxylic acids is 1. The molecule has 0 saturated carbocycles. The van der Waals surface area contributed by atoms with Gasteiger partial charge in [0.15, 0.2) is 0 Å². The average molecular weight is 297 g/mol. The number of anilines is 1. The largest absolute Gasteiger partial charge is 0.478 e. The molecular formula is C15H15N5O2. The molecule has 7 heteroatoms. The second-order valence-corrected chi connectivity index (χ2v) is 5.62. The first-order chi connectivity index (χ1) is 10.7. The van der Waals surface area contributed by atoms with Crippen LogP contribution in [-0.4, -0.2) is 51.2 Å². The number of hydrogen-bond acceptors (Lipinski definition) is 6. The fraction of sp³-hybridized carbons (Fsp3) is 0.333. The molecule has 2 aliphatic rings. The molecular weight excluding hydrogens is 282 g/mol. The lowest BCUT2D eigenvalue weighted by Crippen LogP contribution is -2.44. The van der Waals surface area contributed by atoms with Gasteiger partial charge in [0.2, 0.25) is 5.95 Å². The molecule has 7 nitrogen and oxygen atoms in total. The van der Waals surface area contributed by atoms with E-state index in [9.17, 15) is 4.79 Å². The zero-order valence-corrected chi connectivity index (χ0v) is 11.8. The molecule has 4 rings (SSSR count). The summed E-state index contributed by atoms with van der Waals surface area (Å²) in [5.41, 5.74) is 1.39. The quantitative estimate of drug-likeness (QED) is 0.865. The monoisotopic (exact) mass is 297 g/mol. The van der Waals surface area contributed by atoms with Crippen LogP contribution in [-0.2, 0) is 0 Å². The summed E-state index contributed by atoms with van der Waals surface area (Å²) in [7, 11) is 0. The van der Waals surface area contributed by atoms with Crippen LogP contribution in [0.1, 0.15) is 16.8 Å². The molecule has 2 saturated heterocycles. The first-order valence-corrected chi connectivity index (χ1v) is 7.23. The summed E-state index contributed by atoms with van der Waals surface area (Å²) in [5, 5.41) is 12.5. The highest BCUT2D eigenvalue weighted by atomic mass is 16.4. The number of nitrogens with one attached hydrogen (secondary N) is 1. The van der Waals surface area contributed by atoms with Crippen LogP contribution in [0.5, 0.6) is 0 Å². The Labute approximate surface area is 127 Å². The van der Waals surface area contributed by atoms with Crippen molar-refractivity contribution in [3.8, 4) is 11.4 Å². The number of fused-ring (bicyclic) bond motifs is 2. The number of nitrogens with zero attached hydrogens (tertiary/aromatic N) is 4. The van der Waals surface area contributed by atoms with Gasteiger partial charge in [0.1, 0.15) is 0 Å². The number of aromatic nitrogens is 3. The van der Waals surface area contributed by atoms with E-state index in [4.69, 9.17) is 5.11 Å². The molecule has 0 radical (unpaired) electrons. The summed E-state index contributed by atoms with van der Waals surface area (Å²) in [4.78, 5) is 26.5. The minimum absolute atomic E-state index is 0.203. The van der Waals surface area contributed by atoms with Gasteiger partial charge in [-0.3, -0.25) is 4.98 Å². The molecule has 0 unspecified atom stereocenters. The van der Waals surface area contributed by atoms with Crippen molar-refractivity contribution < 1.29 is 9.90 Å². The van der Waals surface area contributed by atoms with E-state index < -0.39 is 5.97 Å². The molecule has 2 aliphatic heterocycles. The summed E-state index contributed by atoms with van der Waals surface area (Å²) in [6.07, 6.45) is 4.31. The lowest BCUT2D eigenvalue weighted by Gasteiger charge is -2.27. The summed E-state index contributed by atoms with van der Waals surface area (Å²) in [5.74, 6) is -0.283. The number of carboxylic acids is 1. The van der Waals surface area contributed by atoms with Crippen LogP contribution in [0.25, 0.3) is 11.4 Å². The van der Waals surface area contributed by atoms with Crippen molar-refractivity contribution in [1.82, 2.24) is 20.3 Å². The third kappa shape index (κ3) is 2.19. The van der Waals surface area contributed by atoms with Crippen molar-refractivity contribution in [2.45, 2.75) is 18.5 Å². The summed E-state index contributed by atoms with van der Waals surface area (Å²) < 4.78 is 0. The van der Waals surface area contributed by atoms with Crippen molar-refractivity contribution in [1.29, 1.82) is 0 Å². The second-order valence-electron chi connectivity index (χ2n) is 5.62. The normalized spacial score (nSPS) is 23.0. The maximum absolute atomic E-state index is 11.1. The Bertz CT molecular complexity index is 735. The van der Waals surface area contributed by atoms with Gasteiger partial charge >= 0.3 is 5.97 Å². The van der Waals surface area contributed by atoms with E-state index in [0.717, 1.165) is 19.5 Å². The predicted octanol–water partition coefficient (Wildman–Crippen LogP) is 0.787. The number of carbonyl (C=O) groups is 1. The van der Waals surface area contributed by atoms with Crippen molar-refractivity contribution in [2.24, 2.45) is 0 Å². The van der Waals surface area contributed by atoms with Crippen molar-refractivity contribution in [3.05, 3.63) is 36.2 Å². The Kier molecular flexibility index (Phi) is 3.00. The van der Waals surface area contributed by atoms with E-state index in [1.165, 1.54) is 18.3 Å². The molecule has 0 spiro atoms. The predicted molar refractivity (Wildman–Crippen MR) is 79.8 cm³/mol. The third-order valence-electron chi connectivity index (χ3n) is 4.23. The highest BCUT2D eigenvalue weighted by molar-refractivity contribution is 5.88. The topological polar surface area (TPSA) is 91.2 Å². The molecule has 2 fully saturated rings. The third-order valence-corrected chi connectivity index (χ3v) is 4.23. The van der Waals surface area contributed by atoms with Gasteiger partial charge in [0.05, 0.1) is 17.0 Å². The molecule has 22 heavy (non-hydrogen) atoms. The Hall–Kier alpha value is -2.54. The molecule has 2 bridgehead atoms. The van der Waals surface area contributed by atoms with Crippen LogP contribution in [0.3, 0.4) is 0 Å². The molecule has 4 heterocycles. The standard InChI is InChI=1S/C15H15N5O2/c21-14(22)9-1-3-16-13(5-9)12-2-4-17-15(19-12)20-8-10-6-11(20)7-18-10/h1-5,10-11,18H,6-8H2,(H,21,22)/t10-,11-/m0/s1. The number of piperazine rings is 1. The maximum atomic E-state index is 11.1.